The van der Waals surface area contributed by atoms with Crippen molar-refractivity contribution in [3.63, 3.8) is 0 Å². The van der Waals surface area contributed by atoms with Crippen LogP contribution in [0.1, 0.15) is 12.8 Å². The second-order valence-corrected chi connectivity index (χ2v) is 4.55. The van der Waals surface area contributed by atoms with Gasteiger partial charge >= 0.3 is 5.97 Å². The molecule has 3 fully saturated rings. The minimum atomic E-state index is -0.769. The molecule has 1 saturated carbocycles. The van der Waals surface area contributed by atoms with Gasteiger partial charge in [-0.2, -0.15) is 0 Å². The summed E-state index contributed by atoms with van der Waals surface area (Å²) < 4.78 is 12.8. The van der Waals surface area contributed by atoms with E-state index in [1.165, 1.54) is 12.1 Å². The number of carbonyl (C=O) groups is 1. The first kappa shape index (κ1) is 9.63. The van der Waals surface area contributed by atoms with Gasteiger partial charge in [0.25, 0.3) is 0 Å². The van der Waals surface area contributed by atoms with Crippen LogP contribution in [0.25, 0.3) is 0 Å². The Kier molecular flexibility index (Phi) is 1.93. The van der Waals surface area contributed by atoms with Crippen LogP contribution in [-0.2, 0) is 4.79 Å². The van der Waals surface area contributed by atoms with E-state index in [-0.39, 0.29) is 11.7 Å². The highest BCUT2D eigenvalue weighted by molar-refractivity contribution is 5.81. The molecule has 4 heteroatoms. The van der Waals surface area contributed by atoms with E-state index in [9.17, 15) is 14.3 Å². The predicted octanol–water partition coefficient (Wildman–Crippen LogP) is 1.88. The number of hydrogen-bond acceptors (Lipinski definition) is 2. The molecule has 0 amide bonds. The summed E-state index contributed by atoms with van der Waals surface area (Å²) in [5.41, 5.74) is 0.818. The van der Waals surface area contributed by atoms with Crippen molar-refractivity contribution >= 4 is 11.7 Å². The molecule has 1 N–H and O–H groups in total. The lowest BCUT2D eigenvalue weighted by atomic mass is 9.83. The average Bonchev–Trinajstić information content (AvgIpc) is 2.72. The van der Waals surface area contributed by atoms with Crippen LogP contribution in [0.2, 0.25) is 0 Å². The molecule has 3 nitrogen and oxygen atoms in total. The number of aliphatic carboxylic acids is 1. The van der Waals surface area contributed by atoms with E-state index in [0.29, 0.717) is 6.04 Å². The summed E-state index contributed by atoms with van der Waals surface area (Å²) in [6, 6.07) is 5.98. The molecule has 1 unspecified atom stereocenters. The number of nitrogens with zero attached hydrogens (tertiary/aromatic N) is 1. The lowest BCUT2D eigenvalue weighted by molar-refractivity contribution is -0.139. The van der Waals surface area contributed by atoms with Gasteiger partial charge in [-0.3, -0.25) is 0 Å². The van der Waals surface area contributed by atoms with Crippen molar-refractivity contribution in [2.24, 2.45) is 5.92 Å². The Morgan fingerprint density at radius 1 is 1.31 bits per heavy atom. The minimum Gasteiger partial charge on any atom is -0.480 e. The number of carboxylic acid groups (broad SMARTS) is 1. The number of hydrogen-bond donors (Lipinski definition) is 1. The second-order valence-electron chi connectivity index (χ2n) is 4.55. The van der Waals surface area contributed by atoms with E-state index in [2.05, 4.69) is 0 Å². The molecule has 3 aliphatic rings. The highest BCUT2D eigenvalue weighted by Gasteiger charge is 2.53. The fourth-order valence-electron chi connectivity index (χ4n) is 2.87. The Morgan fingerprint density at radius 3 is 2.50 bits per heavy atom. The van der Waals surface area contributed by atoms with Gasteiger partial charge in [0.2, 0.25) is 0 Å². The van der Waals surface area contributed by atoms with Crippen molar-refractivity contribution in [3.8, 4) is 0 Å². The molecular formula is C12H12FNO2. The van der Waals surface area contributed by atoms with E-state index < -0.39 is 12.0 Å². The highest BCUT2D eigenvalue weighted by Crippen LogP contribution is 2.48. The van der Waals surface area contributed by atoms with Crippen LogP contribution in [0.4, 0.5) is 10.1 Å². The third-order valence-electron chi connectivity index (χ3n) is 3.67. The zero-order valence-electron chi connectivity index (χ0n) is 8.64. The Hall–Kier alpha value is -1.58. The molecule has 1 aliphatic carbocycles. The first-order valence-electron chi connectivity index (χ1n) is 5.43. The number of anilines is 1. The number of halogens is 1. The van der Waals surface area contributed by atoms with Gasteiger partial charge in [-0.1, -0.05) is 0 Å². The van der Waals surface area contributed by atoms with Crippen LogP contribution in [-0.4, -0.2) is 23.2 Å². The maximum atomic E-state index is 12.8. The molecule has 2 bridgehead atoms. The number of rotatable bonds is 2. The first-order valence-corrected chi connectivity index (χ1v) is 5.43. The zero-order chi connectivity index (χ0) is 11.3. The maximum absolute atomic E-state index is 12.8. The van der Waals surface area contributed by atoms with E-state index >= 15 is 0 Å². The van der Waals surface area contributed by atoms with Crippen LogP contribution in [0.15, 0.2) is 24.3 Å². The molecule has 1 aromatic carbocycles. The summed E-state index contributed by atoms with van der Waals surface area (Å²) in [6.45, 7) is 0. The zero-order valence-corrected chi connectivity index (χ0v) is 8.64. The van der Waals surface area contributed by atoms with Gasteiger partial charge < -0.3 is 10.0 Å². The van der Waals surface area contributed by atoms with Crippen molar-refractivity contribution in [2.75, 3.05) is 4.90 Å². The van der Waals surface area contributed by atoms with Gasteiger partial charge in [-0.25, -0.2) is 9.18 Å². The van der Waals surface area contributed by atoms with Crippen LogP contribution < -0.4 is 4.90 Å². The van der Waals surface area contributed by atoms with Crippen molar-refractivity contribution in [1.29, 1.82) is 0 Å². The van der Waals surface area contributed by atoms with Crippen molar-refractivity contribution in [3.05, 3.63) is 30.1 Å². The predicted molar refractivity (Wildman–Crippen MR) is 56.8 cm³/mol. The summed E-state index contributed by atoms with van der Waals surface area (Å²) in [6.07, 6.45) is 1.91. The summed E-state index contributed by atoms with van der Waals surface area (Å²) in [5.74, 6) is -0.788. The molecule has 2 saturated heterocycles. The van der Waals surface area contributed by atoms with Gasteiger partial charge in [-0.05, 0) is 43.0 Å². The van der Waals surface area contributed by atoms with Gasteiger partial charge in [-0.15, -0.1) is 0 Å². The smallest absolute Gasteiger partial charge is 0.326 e. The van der Waals surface area contributed by atoms with Crippen LogP contribution >= 0.6 is 0 Å². The summed E-state index contributed by atoms with van der Waals surface area (Å²) in [7, 11) is 0. The molecule has 16 heavy (non-hydrogen) atoms. The molecule has 1 aromatic rings. The lowest BCUT2D eigenvalue weighted by Crippen LogP contribution is -2.36. The van der Waals surface area contributed by atoms with Crippen molar-refractivity contribution in [2.45, 2.75) is 24.9 Å². The topological polar surface area (TPSA) is 40.5 Å². The molecule has 1 atom stereocenters. The molecule has 84 valence electrons. The quantitative estimate of drug-likeness (QED) is 0.828. The lowest BCUT2D eigenvalue weighted by Gasteiger charge is -2.27. The minimum absolute atomic E-state index is 0.271. The van der Waals surface area contributed by atoms with Crippen LogP contribution in [0.3, 0.4) is 0 Å². The fourth-order valence-corrected chi connectivity index (χ4v) is 2.87. The molecule has 0 aromatic heterocycles. The van der Waals surface area contributed by atoms with Gasteiger partial charge in [0.1, 0.15) is 11.9 Å². The Balaban J connectivity index is 1.94. The van der Waals surface area contributed by atoms with E-state index in [1.807, 2.05) is 4.90 Å². The number of fused-ring (bicyclic) bond motifs is 1. The second kappa shape index (κ2) is 3.20. The Bertz CT molecular complexity index is 425. The summed E-state index contributed by atoms with van der Waals surface area (Å²) in [5, 5.41) is 9.18. The molecule has 4 rings (SSSR count). The normalized spacial score (nSPS) is 31.3. The maximum Gasteiger partial charge on any atom is 0.326 e. The molecule has 2 aliphatic heterocycles. The molecular weight excluding hydrogens is 209 g/mol. The van der Waals surface area contributed by atoms with E-state index in [4.69, 9.17) is 0 Å². The fraction of sp³-hybridized carbons (Fsp3) is 0.417. The van der Waals surface area contributed by atoms with E-state index in [1.54, 1.807) is 12.1 Å². The van der Waals surface area contributed by atoms with Crippen LogP contribution in [0.5, 0.6) is 0 Å². The largest absolute Gasteiger partial charge is 0.480 e. The van der Waals surface area contributed by atoms with Gasteiger partial charge in [0.15, 0.2) is 0 Å². The standard InChI is InChI=1S/C12H12FNO2/c13-8-1-3-9(4-2-8)14-10-5-7(6-10)11(14)12(15)16/h1-4,7,10-11H,5-6H2,(H,15,16). The van der Waals surface area contributed by atoms with Gasteiger partial charge in [0.05, 0.1) is 0 Å². The van der Waals surface area contributed by atoms with Crippen molar-refractivity contribution < 1.29 is 14.3 Å². The van der Waals surface area contributed by atoms with Crippen molar-refractivity contribution in [1.82, 2.24) is 0 Å². The average molecular weight is 221 g/mol. The van der Waals surface area contributed by atoms with E-state index in [0.717, 1.165) is 18.5 Å². The third kappa shape index (κ3) is 1.22. The monoisotopic (exact) mass is 221 g/mol. The summed E-state index contributed by atoms with van der Waals surface area (Å²) >= 11 is 0. The highest BCUT2D eigenvalue weighted by atomic mass is 19.1. The first-order chi connectivity index (χ1) is 7.66. The van der Waals surface area contributed by atoms with Crippen LogP contribution in [0, 0.1) is 11.7 Å². The van der Waals surface area contributed by atoms with Gasteiger partial charge in [0, 0.05) is 11.7 Å². The SMILES string of the molecule is O=C(O)C1C2CC(C2)N1c1ccc(F)cc1. The Morgan fingerprint density at radius 2 is 1.94 bits per heavy atom. The number of benzene rings is 1. The third-order valence-corrected chi connectivity index (χ3v) is 3.67. The Labute approximate surface area is 92.5 Å². The molecule has 0 radical (unpaired) electrons. The number of carboxylic acids is 1. The molecule has 2 heterocycles. The molecule has 0 spiro atoms. The summed E-state index contributed by atoms with van der Waals surface area (Å²) in [4.78, 5) is 13.1.